The van der Waals surface area contributed by atoms with E-state index >= 15 is 0 Å². The van der Waals surface area contributed by atoms with E-state index in [1.807, 2.05) is 39.4 Å². The number of hydrogen-bond acceptors (Lipinski definition) is 12. The summed E-state index contributed by atoms with van der Waals surface area (Å²) in [6, 6.07) is 20.1. The molecule has 0 spiro atoms. The Hall–Kier alpha value is -5.43. The van der Waals surface area contributed by atoms with E-state index in [1.54, 1.807) is 34.0 Å². The molecule has 0 saturated carbocycles. The van der Waals surface area contributed by atoms with Crippen molar-refractivity contribution in [3.05, 3.63) is 122 Å². The first-order chi connectivity index (χ1) is 25.0. The molecule has 246 valence electrons. The van der Waals surface area contributed by atoms with Gasteiger partial charge in [0.15, 0.2) is 0 Å². The number of fused-ring (bicyclic) bond motifs is 3. The highest BCUT2D eigenvalue weighted by atomic mass is 32.1. The van der Waals surface area contributed by atoms with E-state index in [4.69, 9.17) is 15.0 Å². The Morgan fingerprint density at radius 3 is 0.961 bits per heavy atom. The van der Waals surface area contributed by atoms with Crippen LogP contribution in [0.5, 0.6) is 0 Å². The van der Waals surface area contributed by atoms with Gasteiger partial charge in [0.1, 0.15) is 36.1 Å². The second kappa shape index (κ2) is 11.8. The predicted molar refractivity (Wildman–Crippen MR) is 202 cm³/mol. The fourth-order valence-electron chi connectivity index (χ4n) is 6.83. The van der Waals surface area contributed by atoms with Crippen LogP contribution < -0.4 is 32.1 Å². The molecule has 0 saturated heterocycles. The molecule has 0 amide bonds. The van der Waals surface area contributed by atoms with E-state index in [0.29, 0.717) is 20.0 Å². The van der Waals surface area contributed by atoms with Gasteiger partial charge >= 0.3 is 0 Å². The molecule has 12 heteroatoms. The molecule has 0 bridgehead atoms. The summed E-state index contributed by atoms with van der Waals surface area (Å²) in [4.78, 5) is 48.7. The van der Waals surface area contributed by atoms with Crippen LogP contribution in [0.1, 0.15) is 17.1 Å². The van der Waals surface area contributed by atoms with Gasteiger partial charge in [0, 0.05) is 64.5 Å². The molecule has 7 aromatic rings. The highest BCUT2D eigenvalue weighted by molar-refractivity contribution is 7.19. The zero-order valence-electron chi connectivity index (χ0n) is 27.8. The van der Waals surface area contributed by atoms with Gasteiger partial charge in [-0.15, -0.1) is 34.0 Å². The number of hydrogen-bond donors (Lipinski definition) is 0. The molecule has 0 N–H and O–H groups in total. The lowest BCUT2D eigenvalue weighted by Crippen LogP contribution is -2.27. The van der Waals surface area contributed by atoms with Gasteiger partial charge in [-0.2, -0.15) is 0 Å². The lowest BCUT2D eigenvalue weighted by atomic mass is 10.0. The molecule has 0 atom stereocenters. The third-order valence-corrected chi connectivity index (χ3v) is 12.9. The summed E-state index contributed by atoms with van der Waals surface area (Å²) in [5.41, 5.74) is 9.30. The van der Waals surface area contributed by atoms with Gasteiger partial charge in [0.25, 0.3) is 0 Å². The number of aryl methyl sites for hydroxylation is 3. The summed E-state index contributed by atoms with van der Waals surface area (Å²) in [6.45, 7) is 7.35. The minimum Gasteiger partial charge on any atom is -0.259 e. The molecular formula is C39H27N9S3. The molecule has 9 nitrogen and oxygen atoms in total. The van der Waals surface area contributed by atoms with E-state index < -0.39 is 0 Å². The molecule has 0 radical (unpaired) electrons. The fraction of sp³-hybridized carbons (Fsp3) is 0.154. The summed E-state index contributed by atoms with van der Waals surface area (Å²) in [5, 5.41) is 5.53. The molecular weight excluding hydrogens is 691 g/mol. The molecule has 3 aliphatic heterocycles. The van der Waals surface area contributed by atoms with Crippen LogP contribution >= 0.6 is 34.0 Å². The van der Waals surface area contributed by atoms with Crippen molar-refractivity contribution in [2.45, 2.75) is 20.8 Å². The molecule has 9 heterocycles. The molecule has 6 aromatic heterocycles. The number of rotatable bonds is 6. The number of nitrogens with zero attached hydrogens (tertiary/aromatic N) is 9. The van der Waals surface area contributed by atoms with E-state index in [9.17, 15) is 0 Å². The van der Waals surface area contributed by atoms with Crippen molar-refractivity contribution in [2.24, 2.45) is 30.0 Å². The number of pyridine rings is 3. The zero-order valence-corrected chi connectivity index (χ0v) is 30.2. The van der Waals surface area contributed by atoms with Crippen LogP contribution in [0.25, 0.3) is 62.6 Å². The second-order valence-electron chi connectivity index (χ2n) is 12.5. The monoisotopic (exact) mass is 717 g/mol. The maximum atomic E-state index is 4.70. The van der Waals surface area contributed by atoms with Crippen LogP contribution in [0.3, 0.4) is 0 Å². The lowest BCUT2D eigenvalue weighted by molar-refractivity contribution is 1.05. The summed E-state index contributed by atoms with van der Waals surface area (Å²) >= 11 is 5.27. The molecule has 10 rings (SSSR count). The van der Waals surface area contributed by atoms with Crippen LogP contribution in [-0.2, 0) is 0 Å². The minimum atomic E-state index is 0.457. The van der Waals surface area contributed by atoms with E-state index in [1.165, 1.54) is 14.6 Å². The van der Waals surface area contributed by atoms with Gasteiger partial charge in [0.2, 0.25) is 0 Å². The van der Waals surface area contributed by atoms with Gasteiger partial charge in [-0.1, -0.05) is 0 Å². The Morgan fingerprint density at radius 1 is 0.373 bits per heavy atom. The van der Waals surface area contributed by atoms with Gasteiger partial charge < -0.3 is 0 Å². The van der Waals surface area contributed by atoms with E-state index in [2.05, 4.69) is 84.5 Å². The average molecular weight is 718 g/mol. The SMILES string of the molecule is Cc1ncc(-c2ccc(-c3cc(-c4ccc(-c5cnc(C)c6c5=NCN=6)s4)cc(-c4ccc(-c5cnc(C)c6c5=NCN=6)s4)c3)s2)c2c1=NCN=2. The van der Waals surface area contributed by atoms with Gasteiger partial charge in [0.05, 0.1) is 33.2 Å². The molecule has 0 aliphatic carbocycles. The van der Waals surface area contributed by atoms with Crippen molar-refractivity contribution in [1.29, 1.82) is 0 Å². The standard InChI is InChI=1S/C39H27N9S3/c1-19-34-37(46-16-43-34)25(13-40-19)31-7-4-28(49-31)22-10-23(29-5-8-32(50-29)26-14-41-20(2)35-38(26)47-17-44-35)12-24(11-22)30-6-9-33(51-30)27-15-42-21(3)36-39(27)48-18-45-36/h4-15H,16-18H2,1-3H3. The molecule has 3 aliphatic rings. The number of aromatic nitrogens is 3. The number of thiophene rings is 3. The molecule has 0 fully saturated rings. The van der Waals surface area contributed by atoms with Crippen LogP contribution in [0, 0.1) is 20.8 Å². The molecule has 1 aromatic carbocycles. The maximum absolute atomic E-state index is 4.70. The highest BCUT2D eigenvalue weighted by Crippen LogP contribution is 2.42. The lowest BCUT2D eigenvalue weighted by Gasteiger charge is -2.08. The van der Waals surface area contributed by atoms with Crippen LogP contribution in [0.4, 0.5) is 0 Å². The third-order valence-electron chi connectivity index (χ3n) is 9.40. The first-order valence-corrected chi connectivity index (χ1v) is 18.9. The highest BCUT2D eigenvalue weighted by Gasteiger charge is 2.18. The van der Waals surface area contributed by atoms with Crippen molar-refractivity contribution in [3.8, 4) is 62.6 Å². The van der Waals surface area contributed by atoms with Crippen molar-refractivity contribution in [3.63, 3.8) is 0 Å². The zero-order chi connectivity index (χ0) is 34.2. The smallest absolute Gasteiger partial charge is 0.131 e. The summed E-state index contributed by atoms with van der Waals surface area (Å²) in [6.07, 6.45) is 5.80. The summed E-state index contributed by atoms with van der Waals surface area (Å²) in [7, 11) is 0. The summed E-state index contributed by atoms with van der Waals surface area (Å²) in [5.74, 6) is 0. The quantitative estimate of drug-likeness (QED) is 0.223. The Bertz CT molecular complexity index is 2670. The van der Waals surface area contributed by atoms with Crippen molar-refractivity contribution in [1.82, 2.24) is 15.0 Å². The number of benzene rings is 1. The van der Waals surface area contributed by atoms with Crippen LogP contribution in [-0.4, -0.2) is 35.0 Å². The third kappa shape index (κ3) is 5.04. The van der Waals surface area contributed by atoms with Crippen molar-refractivity contribution < 1.29 is 0 Å². The molecule has 51 heavy (non-hydrogen) atoms. The largest absolute Gasteiger partial charge is 0.259 e. The Balaban J connectivity index is 1.10. The van der Waals surface area contributed by atoms with Gasteiger partial charge in [-0.25, -0.2) is 0 Å². The second-order valence-corrected chi connectivity index (χ2v) is 15.8. The molecule has 0 unspecified atom stereocenters. The van der Waals surface area contributed by atoms with Crippen molar-refractivity contribution >= 4 is 34.0 Å². The maximum Gasteiger partial charge on any atom is 0.131 e. The van der Waals surface area contributed by atoms with Gasteiger partial charge in [-0.3, -0.25) is 44.9 Å². The average Bonchev–Trinajstić information content (AvgIpc) is 3.98. The normalized spacial score (nSPS) is 13.7. The van der Waals surface area contributed by atoms with Crippen LogP contribution in [0.2, 0.25) is 0 Å². The minimum absolute atomic E-state index is 0.457. The van der Waals surface area contributed by atoms with E-state index in [0.717, 1.165) is 97.2 Å². The topological polar surface area (TPSA) is 113 Å². The van der Waals surface area contributed by atoms with Crippen LogP contribution in [0.15, 0.2) is 103 Å². The Labute approximate surface area is 303 Å². The van der Waals surface area contributed by atoms with E-state index in [-0.39, 0.29) is 0 Å². The Morgan fingerprint density at radius 2 is 0.647 bits per heavy atom. The Kier molecular flexibility index (Phi) is 7.05. The predicted octanol–water partition coefficient (Wildman–Crippen LogP) is 5.61. The first kappa shape index (κ1) is 30.4. The van der Waals surface area contributed by atoms with Crippen molar-refractivity contribution in [2.75, 3.05) is 20.0 Å². The summed E-state index contributed by atoms with van der Waals surface area (Å²) < 4.78 is 0. The van der Waals surface area contributed by atoms with Gasteiger partial charge in [-0.05, 0) is 92.1 Å². The fourth-order valence-corrected chi connectivity index (χ4v) is 9.85. The first-order valence-electron chi connectivity index (χ1n) is 16.5.